The van der Waals surface area contributed by atoms with Gasteiger partial charge in [0.15, 0.2) is 6.61 Å². The van der Waals surface area contributed by atoms with Crippen molar-refractivity contribution in [2.45, 2.75) is 31.1 Å². The second kappa shape index (κ2) is 10.5. The normalized spacial score (nSPS) is 17.5. The molecule has 1 amide bonds. The van der Waals surface area contributed by atoms with Crippen molar-refractivity contribution in [3.8, 4) is 5.75 Å². The van der Waals surface area contributed by atoms with Crippen molar-refractivity contribution in [3.63, 3.8) is 0 Å². The van der Waals surface area contributed by atoms with E-state index in [4.69, 9.17) is 9.47 Å². The van der Waals surface area contributed by atoms with Gasteiger partial charge in [0.25, 0.3) is 5.91 Å². The topological polar surface area (TPSA) is 88.2 Å². The Morgan fingerprint density at radius 3 is 2.52 bits per heavy atom. The molecule has 4 rings (SSSR count). The summed E-state index contributed by atoms with van der Waals surface area (Å²) in [6.07, 6.45) is 3.31. The van der Waals surface area contributed by atoms with Gasteiger partial charge >= 0.3 is 0 Å². The Morgan fingerprint density at radius 1 is 1.03 bits per heavy atom. The number of benzene rings is 2. The summed E-state index contributed by atoms with van der Waals surface area (Å²) in [7, 11) is -3.68. The first-order valence-corrected chi connectivity index (χ1v) is 12.8. The van der Waals surface area contributed by atoms with Gasteiger partial charge in [-0.25, -0.2) is 8.42 Å². The number of anilines is 2. The zero-order chi connectivity index (χ0) is 23.3. The maximum Gasteiger partial charge on any atom is 0.262 e. The van der Waals surface area contributed by atoms with E-state index in [1.165, 1.54) is 10.7 Å². The highest BCUT2D eigenvalue weighted by molar-refractivity contribution is 7.89. The number of amides is 1. The molecular formula is C24H31N3O5S. The fourth-order valence-corrected chi connectivity index (χ4v) is 5.60. The number of carbonyl (C=O) groups is 1. The molecule has 0 atom stereocenters. The first-order valence-electron chi connectivity index (χ1n) is 11.4. The van der Waals surface area contributed by atoms with Crippen LogP contribution in [0, 0.1) is 6.92 Å². The second-order valence-electron chi connectivity index (χ2n) is 8.40. The molecule has 2 aromatic rings. The van der Waals surface area contributed by atoms with Crippen molar-refractivity contribution in [1.82, 2.24) is 4.31 Å². The summed E-state index contributed by atoms with van der Waals surface area (Å²) in [4.78, 5) is 15.1. The van der Waals surface area contributed by atoms with Gasteiger partial charge in [-0.3, -0.25) is 4.79 Å². The van der Waals surface area contributed by atoms with Crippen LogP contribution in [-0.2, 0) is 19.6 Å². The van der Waals surface area contributed by atoms with Crippen LogP contribution >= 0.6 is 0 Å². The van der Waals surface area contributed by atoms with Crippen LogP contribution < -0.4 is 15.0 Å². The van der Waals surface area contributed by atoms with Gasteiger partial charge in [-0.1, -0.05) is 12.1 Å². The number of nitrogens with zero attached hydrogens (tertiary/aromatic N) is 2. The average Bonchev–Trinajstić information content (AvgIpc) is 2.84. The predicted molar refractivity (Wildman–Crippen MR) is 127 cm³/mol. The van der Waals surface area contributed by atoms with Crippen molar-refractivity contribution >= 4 is 27.3 Å². The minimum absolute atomic E-state index is 0.163. The minimum Gasteiger partial charge on any atom is -0.484 e. The van der Waals surface area contributed by atoms with Crippen LogP contribution in [0.3, 0.4) is 0 Å². The number of morpholine rings is 1. The van der Waals surface area contributed by atoms with Gasteiger partial charge in [-0.2, -0.15) is 4.31 Å². The van der Waals surface area contributed by atoms with Gasteiger partial charge in [-0.15, -0.1) is 0 Å². The van der Waals surface area contributed by atoms with Crippen molar-refractivity contribution in [2.75, 3.05) is 56.2 Å². The van der Waals surface area contributed by atoms with Crippen molar-refractivity contribution in [1.29, 1.82) is 0 Å². The molecule has 8 nitrogen and oxygen atoms in total. The molecule has 0 bridgehead atoms. The lowest BCUT2D eigenvalue weighted by Crippen LogP contribution is -2.40. The summed E-state index contributed by atoms with van der Waals surface area (Å²) >= 11 is 0. The van der Waals surface area contributed by atoms with Crippen LogP contribution in [-0.4, -0.2) is 64.6 Å². The molecule has 0 radical (unpaired) electrons. The van der Waals surface area contributed by atoms with E-state index in [9.17, 15) is 13.2 Å². The molecule has 2 aliphatic heterocycles. The van der Waals surface area contributed by atoms with Crippen LogP contribution in [0.5, 0.6) is 5.75 Å². The average molecular weight is 474 g/mol. The predicted octanol–water partition coefficient (Wildman–Crippen LogP) is 3.02. The standard InChI is InChI=1S/C24H31N3O5S/c1-19-6-5-7-20(16-19)32-18-24(28)25-22-17-21(33(29,30)27-12-14-31-15-13-27)8-9-23(22)26-10-3-2-4-11-26/h5-9,16-17H,2-4,10-15,18H2,1H3,(H,25,28). The Balaban J connectivity index is 1.56. The summed E-state index contributed by atoms with van der Waals surface area (Å²) < 4.78 is 38.7. The van der Waals surface area contributed by atoms with Gasteiger partial charge in [-0.05, 0) is 62.1 Å². The zero-order valence-corrected chi connectivity index (χ0v) is 19.8. The Morgan fingerprint density at radius 2 is 1.79 bits per heavy atom. The Kier molecular flexibility index (Phi) is 7.52. The molecule has 2 aliphatic rings. The van der Waals surface area contributed by atoms with Gasteiger partial charge in [0.2, 0.25) is 10.0 Å². The zero-order valence-electron chi connectivity index (χ0n) is 19.0. The Hall–Kier alpha value is -2.62. The van der Waals surface area contributed by atoms with E-state index < -0.39 is 10.0 Å². The first-order chi connectivity index (χ1) is 15.9. The fourth-order valence-electron chi connectivity index (χ4n) is 4.16. The number of carbonyl (C=O) groups excluding carboxylic acids is 1. The van der Waals surface area contributed by atoms with Crippen LogP contribution in [0.2, 0.25) is 0 Å². The van der Waals surface area contributed by atoms with Crippen LogP contribution in [0.25, 0.3) is 0 Å². The lowest BCUT2D eigenvalue weighted by atomic mass is 10.1. The highest BCUT2D eigenvalue weighted by Crippen LogP contribution is 2.32. The van der Waals surface area contributed by atoms with Crippen molar-refractivity contribution < 1.29 is 22.7 Å². The van der Waals surface area contributed by atoms with E-state index in [0.29, 0.717) is 37.7 Å². The third kappa shape index (κ3) is 5.85. The molecule has 0 spiro atoms. The molecule has 0 aromatic heterocycles. The number of rotatable bonds is 7. The second-order valence-corrected chi connectivity index (χ2v) is 10.3. The molecule has 9 heteroatoms. The largest absolute Gasteiger partial charge is 0.484 e. The fraction of sp³-hybridized carbons (Fsp3) is 0.458. The Bertz CT molecular complexity index is 1080. The molecule has 2 heterocycles. The SMILES string of the molecule is Cc1cccc(OCC(=O)Nc2cc(S(=O)(=O)N3CCOCC3)ccc2N2CCCCC2)c1. The Labute approximate surface area is 195 Å². The minimum atomic E-state index is -3.68. The summed E-state index contributed by atoms with van der Waals surface area (Å²) in [6, 6.07) is 12.5. The summed E-state index contributed by atoms with van der Waals surface area (Å²) in [5.74, 6) is 0.278. The molecule has 2 saturated heterocycles. The quantitative estimate of drug-likeness (QED) is 0.665. The van der Waals surface area contributed by atoms with E-state index in [0.717, 1.165) is 37.2 Å². The molecular weight excluding hydrogens is 442 g/mol. The summed E-state index contributed by atoms with van der Waals surface area (Å²) in [6.45, 7) is 4.94. The van der Waals surface area contributed by atoms with Crippen molar-refractivity contribution in [2.24, 2.45) is 0 Å². The highest BCUT2D eigenvalue weighted by atomic mass is 32.2. The molecule has 1 N–H and O–H groups in total. The van der Waals surface area contributed by atoms with Crippen molar-refractivity contribution in [3.05, 3.63) is 48.0 Å². The smallest absolute Gasteiger partial charge is 0.262 e. The number of sulfonamides is 1. The van der Waals surface area contributed by atoms with Gasteiger partial charge < -0.3 is 19.7 Å². The number of hydrogen-bond acceptors (Lipinski definition) is 6. The molecule has 0 unspecified atom stereocenters. The maximum absolute atomic E-state index is 13.2. The molecule has 0 saturated carbocycles. The van der Waals surface area contributed by atoms with Crippen LogP contribution in [0.4, 0.5) is 11.4 Å². The van der Waals surface area contributed by atoms with Gasteiger partial charge in [0, 0.05) is 26.2 Å². The summed E-state index contributed by atoms with van der Waals surface area (Å²) in [5, 5.41) is 2.89. The number of ether oxygens (including phenoxy) is 2. The van der Waals surface area contributed by atoms with E-state index in [1.54, 1.807) is 24.3 Å². The third-order valence-electron chi connectivity index (χ3n) is 5.91. The highest BCUT2D eigenvalue weighted by Gasteiger charge is 2.28. The third-order valence-corrected chi connectivity index (χ3v) is 7.80. The lowest BCUT2D eigenvalue weighted by Gasteiger charge is -2.31. The lowest BCUT2D eigenvalue weighted by molar-refractivity contribution is -0.118. The summed E-state index contributed by atoms with van der Waals surface area (Å²) in [5.41, 5.74) is 2.37. The molecule has 0 aliphatic carbocycles. The molecule has 33 heavy (non-hydrogen) atoms. The number of aryl methyl sites for hydroxylation is 1. The molecule has 178 valence electrons. The van der Waals surface area contributed by atoms with E-state index in [1.807, 2.05) is 25.1 Å². The van der Waals surface area contributed by atoms with Gasteiger partial charge in [0.05, 0.1) is 29.5 Å². The van der Waals surface area contributed by atoms with Crippen LogP contribution in [0.15, 0.2) is 47.4 Å². The van der Waals surface area contributed by atoms with E-state index in [-0.39, 0.29) is 17.4 Å². The number of hydrogen-bond donors (Lipinski definition) is 1. The monoisotopic (exact) mass is 473 g/mol. The number of piperidine rings is 1. The van der Waals surface area contributed by atoms with E-state index >= 15 is 0 Å². The molecule has 2 fully saturated rings. The molecule has 2 aromatic carbocycles. The first kappa shape index (κ1) is 23.5. The van der Waals surface area contributed by atoms with Crippen LogP contribution in [0.1, 0.15) is 24.8 Å². The van der Waals surface area contributed by atoms with Gasteiger partial charge in [0.1, 0.15) is 5.75 Å². The number of nitrogens with one attached hydrogen (secondary N) is 1. The van der Waals surface area contributed by atoms with E-state index in [2.05, 4.69) is 10.2 Å². The maximum atomic E-state index is 13.2.